The van der Waals surface area contributed by atoms with Crippen LogP contribution in [0.25, 0.3) is 0 Å². The van der Waals surface area contributed by atoms with E-state index in [-0.39, 0.29) is 11.2 Å². The first-order valence-corrected chi connectivity index (χ1v) is 8.68. The van der Waals surface area contributed by atoms with Gasteiger partial charge in [-0.3, -0.25) is 4.79 Å². The summed E-state index contributed by atoms with van der Waals surface area (Å²) in [5.74, 6) is -0.246. The average Bonchev–Trinajstić information content (AvgIpc) is 2.84. The summed E-state index contributed by atoms with van der Waals surface area (Å²) in [5, 5.41) is 11.5. The van der Waals surface area contributed by atoms with Crippen molar-refractivity contribution in [2.24, 2.45) is 0 Å². The fourth-order valence-corrected chi connectivity index (χ4v) is 4.56. The van der Waals surface area contributed by atoms with Crippen LogP contribution in [0.15, 0.2) is 8.68 Å². The Labute approximate surface area is 126 Å². The van der Waals surface area contributed by atoms with E-state index in [1.54, 1.807) is 41.9 Å². The number of carbonyl (C=O) groups excluding carboxylic acids is 1. The standard InChI is InChI=1S/C11H19N3O2S3/c1-7(6-11(2,12-3)8(15)16-4)18-10-14-13-9(17-5)19-10/h7,12H,6H2,1-5H3. The van der Waals surface area contributed by atoms with E-state index < -0.39 is 5.54 Å². The van der Waals surface area contributed by atoms with Crippen LogP contribution in [0.3, 0.4) is 0 Å². The van der Waals surface area contributed by atoms with Crippen LogP contribution in [0.2, 0.25) is 0 Å². The van der Waals surface area contributed by atoms with Crippen molar-refractivity contribution < 1.29 is 9.53 Å². The monoisotopic (exact) mass is 321 g/mol. The summed E-state index contributed by atoms with van der Waals surface area (Å²) in [6.07, 6.45) is 2.64. The lowest BCUT2D eigenvalue weighted by atomic mass is 9.96. The first-order chi connectivity index (χ1) is 8.95. The number of aromatic nitrogens is 2. The molecule has 1 heterocycles. The van der Waals surface area contributed by atoms with Gasteiger partial charge in [-0.2, -0.15) is 0 Å². The highest BCUT2D eigenvalue weighted by molar-refractivity contribution is 8.03. The lowest BCUT2D eigenvalue weighted by molar-refractivity contribution is -0.147. The van der Waals surface area contributed by atoms with Gasteiger partial charge in [0.05, 0.1) is 7.11 Å². The highest BCUT2D eigenvalue weighted by atomic mass is 32.2. The van der Waals surface area contributed by atoms with Crippen molar-refractivity contribution in [2.75, 3.05) is 20.4 Å². The number of ether oxygens (including phenoxy) is 1. The Morgan fingerprint density at radius 3 is 2.63 bits per heavy atom. The van der Waals surface area contributed by atoms with Gasteiger partial charge in [0, 0.05) is 5.25 Å². The van der Waals surface area contributed by atoms with Gasteiger partial charge in [0.25, 0.3) is 0 Å². The Hall–Kier alpha value is -0.310. The molecule has 2 atom stereocenters. The van der Waals surface area contributed by atoms with E-state index in [9.17, 15) is 4.79 Å². The van der Waals surface area contributed by atoms with Crippen LogP contribution in [-0.2, 0) is 9.53 Å². The topological polar surface area (TPSA) is 64.1 Å². The van der Waals surface area contributed by atoms with Crippen molar-refractivity contribution in [2.45, 2.75) is 39.7 Å². The summed E-state index contributed by atoms with van der Waals surface area (Å²) in [6, 6.07) is 0. The van der Waals surface area contributed by atoms with Gasteiger partial charge in [0.2, 0.25) is 0 Å². The summed E-state index contributed by atoms with van der Waals surface area (Å²) in [5.41, 5.74) is -0.672. The maximum atomic E-state index is 11.8. The van der Waals surface area contributed by atoms with Crippen LogP contribution >= 0.6 is 34.9 Å². The summed E-state index contributed by atoms with van der Waals surface area (Å²) in [4.78, 5) is 11.8. The third-order valence-corrected chi connectivity index (χ3v) is 5.83. The smallest absolute Gasteiger partial charge is 0.325 e. The van der Waals surface area contributed by atoms with E-state index in [1.807, 2.05) is 13.2 Å². The van der Waals surface area contributed by atoms with E-state index in [0.29, 0.717) is 6.42 Å². The molecule has 0 saturated carbocycles. The largest absolute Gasteiger partial charge is 0.468 e. The minimum atomic E-state index is -0.672. The minimum Gasteiger partial charge on any atom is -0.468 e. The SMILES string of the molecule is CNC(C)(CC(C)Sc1nnc(SC)s1)C(=O)OC. The molecule has 8 heteroatoms. The zero-order chi connectivity index (χ0) is 14.5. The summed E-state index contributed by atoms with van der Waals surface area (Å²) in [6.45, 7) is 3.92. The molecule has 2 unspecified atom stereocenters. The van der Waals surface area contributed by atoms with Crippen LogP contribution in [-0.4, -0.2) is 47.4 Å². The molecule has 1 rings (SSSR count). The summed E-state index contributed by atoms with van der Waals surface area (Å²) < 4.78 is 6.73. The van der Waals surface area contributed by atoms with Crippen LogP contribution in [0, 0.1) is 0 Å². The van der Waals surface area contributed by atoms with Crippen LogP contribution in [0.1, 0.15) is 20.3 Å². The number of esters is 1. The second-order valence-corrected chi connectivity index (χ2v) is 7.96. The number of likely N-dealkylation sites (N-methyl/N-ethyl adjacent to an activating group) is 1. The lowest BCUT2D eigenvalue weighted by Crippen LogP contribution is -2.49. The molecule has 0 aromatic carbocycles. The predicted octanol–water partition coefficient (Wildman–Crippen LogP) is 2.28. The normalized spacial score (nSPS) is 15.8. The molecule has 0 saturated heterocycles. The molecule has 1 N–H and O–H groups in total. The maximum absolute atomic E-state index is 11.8. The van der Waals surface area contributed by atoms with E-state index >= 15 is 0 Å². The van der Waals surface area contributed by atoms with E-state index in [2.05, 4.69) is 22.4 Å². The molecule has 0 aliphatic rings. The number of hydrogen-bond acceptors (Lipinski definition) is 8. The minimum absolute atomic E-state index is 0.235. The van der Waals surface area contributed by atoms with Gasteiger partial charge in [-0.1, -0.05) is 41.8 Å². The highest BCUT2D eigenvalue weighted by Crippen LogP contribution is 2.33. The predicted molar refractivity (Wildman–Crippen MR) is 81.1 cm³/mol. The molecule has 0 aliphatic heterocycles. The van der Waals surface area contributed by atoms with Gasteiger partial charge in [0.1, 0.15) is 5.54 Å². The first kappa shape index (κ1) is 16.7. The number of methoxy groups -OCH3 is 1. The molecule has 19 heavy (non-hydrogen) atoms. The van der Waals surface area contributed by atoms with Gasteiger partial charge < -0.3 is 10.1 Å². The molecule has 0 spiro atoms. The quantitative estimate of drug-likeness (QED) is 0.610. The Bertz CT molecular complexity index is 427. The Morgan fingerprint density at radius 1 is 1.53 bits per heavy atom. The molecular formula is C11H19N3O2S3. The molecule has 0 fully saturated rings. The second-order valence-electron chi connectivity index (χ2n) is 4.24. The summed E-state index contributed by atoms with van der Waals surface area (Å²) >= 11 is 4.80. The number of carbonyl (C=O) groups is 1. The highest BCUT2D eigenvalue weighted by Gasteiger charge is 2.34. The molecule has 0 amide bonds. The number of nitrogens with zero attached hydrogens (tertiary/aromatic N) is 2. The number of thioether (sulfide) groups is 2. The second kappa shape index (κ2) is 7.47. The van der Waals surface area contributed by atoms with E-state index in [0.717, 1.165) is 8.68 Å². The lowest BCUT2D eigenvalue weighted by Gasteiger charge is -2.28. The fourth-order valence-electron chi connectivity index (χ4n) is 1.63. The first-order valence-electron chi connectivity index (χ1n) is 5.76. The zero-order valence-corrected chi connectivity index (χ0v) is 14.2. The zero-order valence-electron chi connectivity index (χ0n) is 11.7. The molecule has 1 aromatic heterocycles. The van der Waals surface area contributed by atoms with Crippen molar-refractivity contribution in [3.05, 3.63) is 0 Å². The molecule has 0 radical (unpaired) electrons. The van der Waals surface area contributed by atoms with Gasteiger partial charge >= 0.3 is 5.97 Å². The van der Waals surface area contributed by atoms with Gasteiger partial charge in [0.15, 0.2) is 8.68 Å². The maximum Gasteiger partial charge on any atom is 0.325 e. The van der Waals surface area contributed by atoms with Crippen molar-refractivity contribution >= 4 is 40.8 Å². The third-order valence-electron chi connectivity index (χ3n) is 2.75. The molecule has 108 valence electrons. The van der Waals surface area contributed by atoms with Crippen molar-refractivity contribution in [3.8, 4) is 0 Å². The fraction of sp³-hybridized carbons (Fsp3) is 0.727. The van der Waals surface area contributed by atoms with E-state index in [1.165, 1.54) is 7.11 Å². The van der Waals surface area contributed by atoms with Crippen LogP contribution in [0.5, 0.6) is 0 Å². The van der Waals surface area contributed by atoms with Gasteiger partial charge in [-0.15, -0.1) is 10.2 Å². The molecule has 1 aromatic rings. The molecular weight excluding hydrogens is 302 g/mol. The van der Waals surface area contributed by atoms with Crippen LogP contribution in [0.4, 0.5) is 0 Å². The number of hydrogen-bond donors (Lipinski definition) is 1. The van der Waals surface area contributed by atoms with Crippen molar-refractivity contribution in [1.82, 2.24) is 15.5 Å². The third kappa shape index (κ3) is 4.62. The Balaban J connectivity index is 2.62. The van der Waals surface area contributed by atoms with Gasteiger partial charge in [-0.05, 0) is 26.6 Å². The number of nitrogens with one attached hydrogen (secondary N) is 1. The Kier molecular flexibility index (Phi) is 6.58. The average molecular weight is 321 g/mol. The number of rotatable bonds is 7. The molecule has 5 nitrogen and oxygen atoms in total. The molecule has 0 aliphatic carbocycles. The van der Waals surface area contributed by atoms with Gasteiger partial charge in [-0.25, -0.2) is 0 Å². The van der Waals surface area contributed by atoms with Crippen molar-refractivity contribution in [3.63, 3.8) is 0 Å². The Morgan fingerprint density at radius 2 is 2.16 bits per heavy atom. The van der Waals surface area contributed by atoms with E-state index in [4.69, 9.17) is 4.74 Å². The molecule has 0 bridgehead atoms. The van der Waals surface area contributed by atoms with Crippen LogP contribution < -0.4 is 5.32 Å². The van der Waals surface area contributed by atoms with Crippen molar-refractivity contribution in [1.29, 1.82) is 0 Å². The summed E-state index contributed by atoms with van der Waals surface area (Å²) in [7, 11) is 3.18.